The first kappa shape index (κ1) is 14.0. The van der Waals surface area contributed by atoms with Crippen LogP contribution in [0.3, 0.4) is 0 Å². The molecule has 2 nitrogen and oxygen atoms in total. The highest BCUT2D eigenvalue weighted by molar-refractivity contribution is 6.08. The molecule has 2 heteroatoms. The maximum Gasteiger partial charge on any atom is 0.0662 e. The van der Waals surface area contributed by atoms with Gasteiger partial charge in [-0.15, -0.1) is 0 Å². The fraction of sp³-hybridized carbons (Fsp3) is 0. The maximum atomic E-state index is 4.18. The Bertz CT molecular complexity index is 1180. The average molecular weight is 320 g/mol. The van der Waals surface area contributed by atoms with Gasteiger partial charge in [0.25, 0.3) is 0 Å². The van der Waals surface area contributed by atoms with E-state index in [1.165, 1.54) is 38.2 Å². The van der Waals surface area contributed by atoms with Gasteiger partial charge in [-0.25, -0.2) is 0 Å². The molecule has 0 fully saturated rings. The molecule has 0 spiro atoms. The summed E-state index contributed by atoms with van der Waals surface area (Å²) >= 11 is 0. The second-order valence-electron chi connectivity index (χ2n) is 6.21. The number of rotatable bonds is 2. The predicted octanol–water partition coefficient (Wildman–Crippen LogP) is 6.05. The van der Waals surface area contributed by atoms with Gasteiger partial charge in [0.2, 0.25) is 0 Å². The van der Waals surface area contributed by atoms with Gasteiger partial charge in [-0.3, -0.25) is 5.10 Å². The van der Waals surface area contributed by atoms with Crippen LogP contribution in [-0.2, 0) is 0 Å². The maximum absolute atomic E-state index is 4.18. The molecule has 0 atom stereocenters. The lowest BCUT2D eigenvalue weighted by atomic mass is 9.90. The number of H-pyrrole nitrogens is 1. The zero-order valence-electron chi connectivity index (χ0n) is 13.6. The van der Waals surface area contributed by atoms with Crippen LogP contribution >= 0.6 is 0 Å². The minimum atomic E-state index is 1.04. The molecule has 0 saturated carbocycles. The topological polar surface area (TPSA) is 28.7 Å². The Labute approximate surface area is 145 Å². The van der Waals surface area contributed by atoms with Crippen molar-refractivity contribution in [3.05, 3.63) is 91.1 Å². The van der Waals surface area contributed by atoms with E-state index in [0.29, 0.717) is 0 Å². The van der Waals surface area contributed by atoms with Crippen LogP contribution in [0.25, 0.3) is 43.9 Å². The highest BCUT2D eigenvalue weighted by Crippen LogP contribution is 2.39. The summed E-state index contributed by atoms with van der Waals surface area (Å²) in [5.74, 6) is 0. The molecule has 25 heavy (non-hydrogen) atoms. The molecule has 118 valence electrons. The van der Waals surface area contributed by atoms with Crippen molar-refractivity contribution in [3.63, 3.8) is 0 Å². The summed E-state index contributed by atoms with van der Waals surface area (Å²) in [5, 5.41) is 12.3. The summed E-state index contributed by atoms with van der Waals surface area (Å²) in [6, 6.07) is 30.0. The number of fused-ring (bicyclic) bond motifs is 2. The number of hydrogen-bond acceptors (Lipinski definition) is 1. The average Bonchev–Trinajstić information content (AvgIpc) is 3.21. The van der Waals surface area contributed by atoms with E-state index in [4.69, 9.17) is 0 Å². The summed E-state index contributed by atoms with van der Waals surface area (Å²) in [5.41, 5.74) is 4.71. The highest BCUT2D eigenvalue weighted by atomic mass is 15.1. The Morgan fingerprint density at radius 3 is 2.08 bits per heavy atom. The zero-order chi connectivity index (χ0) is 16.6. The van der Waals surface area contributed by atoms with Crippen LogP contribution in [0.4, 0.5) is 0 Å². The molecule has 0 aliphatic heterocycles. The molecule has 0 aliphatic rings. The fourth-order valence-electron chi connectivity index (χ4n) is 3.64. The second-order valence-corrected chi connectivity index (χ2v) is 6.21. The third-order valence-electron chi connectivity index (χ3n) is 4.78. The second kappa shape index (κ2) is 5.60. The lowest BCUT2D eigenvalue weighted by Gasteiger charge is -2.14. The van der Waals surface area contributed by atoms with E-state index in [2.05, 4.69) is 89.1 Å². The summed E-state index contributed by atoms with van der Waals surface area (Å²) in [7, 11) is 0. The minimum absolute atomic E-state index is 1.04. The van der Waals surface area contributed by atoms with Gasteiger partial charge in [0.05, 0.1) is 5.69 Å². The van der Waals surface area contributed by atoms with Crippen LogP contribution in [0, 0.1) is 0 Å². The molecule has 5 rings (SSSR count). The third kappa shape index (κ3) is 2.23. The lowest BCUT2D eigenvalue weighted by molar-refractivity contribution is 1.10. The molecule has 0 saturated heterocycles. The molecule has 0 amide bonds. The Morgan fingerprint density at radius 1 is 0.560 bits per heavy atom. The monoisotopic (exact) mass is 320 g/mol. The number of aromatic nitrogens is 2. The molecule has 1 aromatic heterocycles. The van der Waals surface area contributed by atoms with Gasteiger partial charge in [-0.2, -0.15) is 5.10 Å². The van der Waals surface area contributed by atoms with Gasteiger partial charge in [0.15, 0.2) is 0 Å². The van der Waals surface area contributed by atoms with Crippen molar-refractivity contribution in [2.75, 3.05) is 0 Å². The van der Waals surface area contributed by atoms with E-state index in [-0.39, 0.29) is 0 Å². The molecule has 4 aromatic carbocycles. The normalized spacial score (nSPS) is 11.2. The molecule has 5 aromatic rings. The van der Waals surface area contributed by atoms with E-state index >= 15 is 0 Å². The van der Waals surface area contributed by atoms with Crippen LogP contribution in [0.1, 0.15) is 0 Å². The number of benzene rings is 4. The molecular weight excluding hydrogens is 304 g/mol. The van der Waals surface area contributed by atoms with Crippen molar-refractivity contribution >= 4 is 21.5 Å². The Morgan fingerprint density at radius 2 is 1.28 bits per heavy atom. The number of hydrogen-bond donors (Lipinski definition) is 1. The smallest absolute Gasteiger partial charge is 0.0662 e. The Kier molecular flexibility index (Phi) is 3.14. The predicted molar refractivity (Wildman–Crippen MR) is 104 cm³/mol. The number of nitrogens with one attached hydrogen (secondary N) is 1. The van der Waals surface area contributed by atoms with Crippen molar-refractivity contribution in [2.24, 2.45) is 0 Å². The Hall–Kier alpha value is -3.39. The SMILES string of the molecule is c1ccc2c(-c3ccc4ccccc4c3-c3ccn[nH]3)cccc2c1. The minimum Gasteiger partial charge on any atom is -0.278 e. The van der Waals surface area contributed by atoms with E-state index in [9.17, 15) is 0 Å². The molecule has 0 unspecified atom stereocenters. The molecule has 0 bridgehead atoms. The highest BCUT2D eigenvalue weighted by Gasteiger charge is 2.14. The first-order valence-corrected chi connectivity index (χ1v) is 8.41. The largest absolute Gasteiger partial charge is 0.278 e. The van der Waals surface area contributed by atoms with Crippen LogP contribution in [-0.4, -0.2) is 10.2 Å². The van der Waals surface area contributed by atoms with Crippen LogP contribution in [0.5, 0.6) is 0 Å². The van der Waals surface area contributed by atoms with Crippen molar-refractivity contribution < 1.29 is 0 Å². The summed E-state index contributed by atoms with van der Waals surface area (Å²) in [6.45, 7) is 0. The molecular formula is C23H16N2. The quantitative estimate of drug-likeness (QED) is 0.421. The summed E-state index contributed by atoms with van der Waals surface area (Å²) < 4.78 is 0. The van der Waals surface area contributed by atoms with E-state index in [1.807, 2.05) is 12.3 Å². The van der Waals surface area contributed by atoms with Gasteiger partial charge in [-0.05, 0) is 38.7 Å². The van der Waals surface area contributed by atoms with Gasteiger partial charge < -0.3 is 0 Å². The van der Waals surface area contributed by atoms with Gasteiger partial charge in [-0.1, -0.05) is 78.9 Å². The van der Waals surface area contributed by atoms with Gasteiger partial charge in [0.1, 0.15) is 0 Å². The molecule has 1 N–H and O–H groups in total. The van der Waals surface area contributed by atoms with Gasteiger partial charge in [0, 0.05) is 11.8 Å². The third-order valence-corrected chi connectivity index (χ3v) is 4.78. The van der Waals surface area contributed by atoms with Crippen molar-refractivity contribution in [3.8, 4) is 22.4 Å². The Balaban J connectivity index is 1.92. The van der Waals surface area contributed by atoms with Crippen LogP contribution < -0.4 is 0 Å². The van der Waals surface area contributed by atoms with Crippen LogP contribution in [0.15, 0.2) is 91.1 Å². The number of nitrogens with zero attached hydrogens (tertiary/aromatic N) is 1. The number of aromatic amines is 1. The summed E-state index contributed by atoms with van der Waals surface area (Å²) in [4.78, 5) is 0. The molecule has 1 heterocycles. The fourth-order valence-corrected chi connectivity index (χ4v) is 3.64. The lowest BCUT2D eigenvalue weighted by Crippen LogP contribution is -1.89. The van der Waals surface area contributed by atoms with Crippen LogP contribution in [0.2, 0.25) is 0 Å². The van der Waals surface area contributed by atoms with E-state index in [1.54, 1.807) is 0 Å². The van der Waals surface area contributed by atoms with E-state index < -0.39 is 0 Å². The van der Waals surface area contributed by atoms with E-state index in [0.717, 1.165) is 5.69 Å². The first-order valence-electron chi connectivity index (χ1n) is 8.41. The standard InChI is InChI=1S/C23H16N2/c1-3-9-18-16(6-1)8-5-11-20(18)21-13-12-17-7-2-4-10-19(17)23(21)22-14-15-24-25-22/h1-15H,(H,24,25). The molecule has 0 radical (unpaired) electrons. The molecule has 0 aliphatic carbocycles. The van der Waals surface area contributed by atoms with Crippen molar-refractivity contribution in [2.45, 2.75) is 0 Å². The summed E-state index contributed by atoms with van der Waals surface area (Å²) in [6.07, 6.45) is 1.81. The van der Waals surface area contributed by atoms with Crippen molar-refractivity contribution in [1.29, 1.82) is 0 Å². The van der Waals surface area contributed by atoms with Crippen molar-refractivity contribution in [1.82, 2.24) is 10.2 Å². The zero-order valence-corrected chi connectivity index (χ0v) is 13.6. The first-order chi connectivity index (χ1) is 12.4. The van der Waals surface area contributed by atoms with Gasteiger partial charge >= 0.3 is 0 Å².